The van der Waals surface area contributed by atoms with Crippen molar-refractivity contribution in [3.05, 3.63) is 53.1 Å². The number of ketones is 1. The molecule has 2 heterocycles. The Morgan fingerprint density at radius 1 is 1.27 bits per heavy atom. The van der Waals surface area contributed by atoms with E-state index in [0.29, 0.717) is 11.6 Å². The molecule has 0 aliphatic heterocycles. The highest BCUT2D eigenvalue weighted by Gasteiger charge is 2.19. The molecule has 136 valence electrons. The van der Waals surface area contributed by atoms with Crippen molar-refractivity contribution in [2.45, 2.75) is 39.0 Å². The zero-order chi connectivity index (χ0) is 18.8. The van der Waals surface area contributed by atoms with E-state index in [1.54, 1.807) is 18.2 Å². The Morgan fingerprint density at radius 2 is 2.00 bits per heavy atom. The maximum Gasteiger partial charge on any atom is 0.277 e. The SMILES string of the molecule is Cc1cc(C(=O)CSc2nnc(-c3ccccc3F)o2)c(C)n1C(C)C. The molecular weight excluding hydrogens is 353 g/mol. The Bertz CT molecular complexity index is 946. The third-order valence-electron chi connectivity index (χ3n) is 4.14. The average molecular weight is 373 g/mol. The lowest BCUT2D eigenvalue weighted by atomic mass is 10.2. The second-order valence-electron chi connectivity index (χ2n) is 6.31. The maximum absolute atomic E-state index is 13.8. The van der Waals surface area contributed by atoms with Crippen LogP contribution in [0.5, 0.6) is 0 Å². The monoisotopic (exact) mass is 373 g/mol. The van der Waals surface area contributed by atoms with E-state index in [-0.39, 0.29) is 28.2 Å². The van der Waals surface area contributed by atoms with Crippen molar-refractivity contribution < 1.29 is 13.6 Å². The van der Waals surface area contributed by atoms with Crippen LogP contribution < -0.4 is 0 Å². The minimum absolute atomic E-state index is 0.000594. The molecular formula is C19H20FN3O2S. The first-order chi connectivity index (χ1) is 12.4. The average Bonchev–Trinajstić information content (AvgIpc) is 3.17. The second-order valence-corrected chi connectivity index (χ2v) is 7.24. The number of hydrogen-bond donors (Lipinski definition) is 0. The molecule has 0 saturated heterocycles. The third-order valence-corrected chi connectivity index (χ3v) is 4.96. The molecule has 5 nitrogen and oxygen atoms in total. The molecule has 0 aliphatic rings. The standard InChI is InChI=1S/C19H20FN3O2S/c1-11(2)23-12(3)9-15(13(23)4)17(24)10-26-19-22-21-18(25-19)14-7-5-6-8-16(14)20/h5-9,11H,10H2,1-4H3. The predicted molar refractivity (Wildman–Crippen MR) is 99.0 cm³/mol. The van der Waals surface area contributed by atoms with Crippen LogP contribution in [-0.2, 0) is 0 Å². The van der Waals surface area contributed by atoms with E-state index >= 15 is 0 Å². The highest BCUT2D eigenvalue weighted by molar-refractivity contribution is 7.99. The van der Waals surface area contributed by atoms with Crippen molar-refractivity contribution in [2.75, 3.05) is 5.75 Å². The van der Waals surface area contributed by atoms with E-state index in [9.17, 15) is 9.18 Å². The fraction of sp³-hybridized carbons (Fsp3) is 0.316. The smallest absolute Gasteiger partial charge is 0.277 e. The van der Waals surface area contributed by atoms with Gasteiger partial charge in [-0.3, -0.25) is 4.79 Å². The number of aromatic nitrogens is 3. The summed E-state index contributed by atoms with van der Waals surface area (Å²) in [5.41, 5.74) is 2.97. The van der Waals surface area contributed by atoms with E-state index in [1.165, 1.54) is 6.07 Å². The van der Waals surface area contributed by atoms with Gasteiger partial charge in [-0.25, -0.2) is 4.39 Å². The molecule has 0 radical (unpaired) electrons. The number of nitrogens with zero attached hydrogens (tertiary/aromatic N) is 3. The molecule has 0 unspecified atom stereocenters. The zero-order valence-corrected chi connectivity index (χ0v) is 15.9. The van der Waals surface area contributed by atoms with Crippen molar-refractivity contribution in [3.8, 4) is 11.5 Å². The molecule has 0 amide bonds. The Kier molecular flexibility index (Phi) is 5.27. The number of halogens is 1. The van der Waals surface area contributed by atoms with E-state index in [4.69, 9.17) is 4.42 Å². The molecule has 0 N–H and O–H groups in total. The number of thioether (sulfide) groups is 1. The molecule has 0 bridgehead atoms. The first-order valence-corrected chi connectivity index (χ1v) is 9.30. The molecule has 0 spiro atoms. The van der Waals surface area contributed by atoms with Crippen LogP contribution in [0.3, 0.4) is 0 Å². The second kappa shape index (κ2) is 7.45. The predicted octanol–water partition coefficient (Wildman–Crippen LogP) is 4.85. The number of aryl methyl sites for hydroxylation is 1. The largest absolute Gasteiger partial charge is 0.411 e. The first kappa shape index (κ1) is 18.4. The molecule has 0 atom stereocenters. The number of rotatable bonds is 6. The summed E-state index contributed by atoms with van der Waals surface area (Å²) in [6.07, 6.45) is 0. The highest BCUT2D eigenvalue weighted by atomic mass is 32.2. The lowest BCUT2D eigenvalue weighted by Gasteiger charge is -2.13. The van der Waals surface area contributed by atoms with Crippen molar-refractivity contribution in [1.82, 2.24) is 14.8 Å². The van der Waals surface area contributed by atoms with Crippen LogP contribution in [0.2, 0.25) is 0 Å². The van der Waals surface area contributed by atoms with E-state index < -0.39 is 5.82 Å². The number of carbonyl (C=O) groups is 1. The Hall–Kier alpha value is -2.41. The van der Waals surface area contributed by atoms with Gasteiger partial charge in [-0.2, -0.15) is 0 Å². The molecule has 26 heavy (non-hydrogen) atoms. The summed E-state index contributed by atoms with van der Waals surface area (Å²) in [6, 6.07) is 8.41. The number of carbonyl (C=O) groups excluding carboxylic acids is 1. The molecule has 0 saturated carbocycles. The van der Waals surface area contributed by atoms with Crippen LogP contribution in [0, 0.1) is 19.7 Å². The maximum atomic E-state index is 13.8. The Balaban J connectivity index is 1.71. The minimum atomic E-state index is -0.426. The molecule has 2 aromatic heterocycles. The summed E-state index contributed by atoms with van der Waals surface area (Å²) in [5, 5.41) is 8.00. The Morgan fingerprint density at radius 3 is 2.65 bits per heavy atom. The van der Waals surface area contributed by atoms with Gasteiger partial charge < -0.3 is 8.98 Å². The van der Waals surface area contributed by atoms with Gasteiger partial charge in [-0.1, -0.05) is 23.9 Å². The van der Waals surface area contributed by atoms with Gasteiger partial charge in [0, 0.05) is 23.0 Å². The van der Waals surface area contributed by atoms with Crippen molar-refractivity contribution >= 4 is 17.5 Å². The van der Waals surface area contributed by atoms with Gasteiger partial charge in [0.05, 0.1) is 11.3 Å². The van der Waals surface area contributed by atoms with Gasteiger partial charge in [0.2, 0.25) is 0 Å². The summed E-state index contributed by atoms with van der Waals surface area (Å²) in [5.74, 6) is -0.136. The Labute approximate surface area is 155 Å². The van der Waals surface area contributed by atoms with Gasteiger partial charge >= 0.3 is 0 Å². The van der Waals surface area contributed by atoms with Crippen LogP contribution in [0.25, 0.3) is 11.5 Å². The minimum Gasteiger partial charge on any atom is -0.411 e. The topological polar surface area (TPSA) is 60.9 Å². The van der Waals surface area contributed by atoms with Crippen LogP contribution >= 0.6 is 11.8 Å². The number of hydrogen-bond acceptors (Lipinski definition) is 5. The molecule has 3 aromatic rings. The molecule has 0 fully saturated rings. The summed E-state index contributed by atoms with van der Waals surface area (Å²) in [4.78, 5) is 12.6. The van der Waals surface area contributed by atoms with E-state index in [1.807, 2.05) is 19.9 Å². The molecule has 0 aliphatic carbocycles. The van der Waals surface area contributed by atoms with Gasteiger partial charge in [0.25, 0.3) is 11.1 Å². The van der Waals surface area contributed by atoms with Gasteiger partial charge in [0.1, 0.15) is 5.82 Å². The quantitative estimate of drug-likeness (QED) is 0.457. The number of benzene rings is 1. The third kappa shape index (κ3) is 3.58. The summed E-state index contributed by atoms with van der Waals surface area (Å²) >= 11 is 1.16. The van der Waals surface area contributed by atoms with Gasteiger partial charge in [0.15, 0.2) is 5.78 Å². The van der Waals surface area contributed by atoms with E-state index in [0.717, 1.165) is 23.1 Å². The van der Waals surface area contributed by atoms with E-state index in [2.05, 4.69) is 28.6 Å². The summed E-state index contributed by atoms with van der Waals surface area (Å²) < 4.78 is 21.4. The van der Waals surface area contributed by atoms with Crippen LogP contribution in [0.15, 0.2) is 40.0 Å². The lowest BCUT2D eigenvalue weighted by Crippen LogP contribution is -2.08. The fourth-order valence-electron chi connectivity index (χ4n) is 3.07. The highest BCUT2D eigenvalue weighted by Crippen LogP contribution is 2.27. The normalized spacial score (nSPS) is 11.3. The van der Waals surface area contributed by atoms with Crippen LogP contribution in [0.4, 0.5) is 4.39 Å². The van der Waals surface area contributed by atoms with Gasteiger partial charge in [-0.05, 0) is 45.9 Å². The summed E-state index contributed by atoms with van der Waals surface area (Å²) in [6.45, 7) is 8.13. The number of Topliss-reactive ketones (excluding diaryl/α,β-unsaturated/α-hetero) is 1. The van der Waals surface area contributed by atoms with Crippen LogP contribution in [-0.4, -0.2) is 26.3 Å². The molecule has 3 rings (SSSR count). The summed E-state index contributed by atoms with van der Waals surface area (Å²) in [7, 11) is 0. The lowest BCUT2D eigenvalue weighted by molar-refractivity contribution is 0.102. The fourth-order valence-corrected chi connectivity index (χ4v) is 3.72. The zero-order valence-electron chi connectivity index (χ0n) is 15.1. The van der Waals surface area contributed by atoms with Crippen molar-refractivity contribution in [2.24, 2.45) is 0 Å². The molecule has 7 heteroatoms. The van der Waals surface area contributed by atoms with Gasteiger partial charge in [-0.15, -0.1) is 10.2 Å². The first-order valence-electron chi connectivity index (χ1n) is 8.31. The molecule has 1 aromatic carbocycles. The van der Waals surface area contributed by atoms with Crippen LogP contribution in [0.1, 0.15) is 41.6 Å². The van der Waals surface area contributed by atoms with Crippen molar-refractivity contribution in [3.63, 3.8) is 0 Å². The van der Waals surface area contributed by atoms with Crippen molar-refractivity contribution in [1.29, 1.82) is 0 Å².